The summed E-state index contributed by atoms with van der Waals surface area (Å²) in [5.74, 6) is 1.00. The zero-order valence-corrected chi connectivity index (χ0v) is 20.2. The first kappa shape index (κ1) is 25.7. The quantitative estimate of drug-likeness (QED) is 0.443. The third-order valence-corrected chi connectivity index (χ3v) is 4.85. The van der Waals surface area contributed by atoms with Crippen molar-refractivity contribution < 1.29 is 28.5 Å². The molecule has 0 aliphatic heterocycles. The average molecular weight is 476 g/mol. The van der Waals surface area contributed by atoms with Gasteiger partial charge in [-0.25, -0.2) is 0 Å². The van der Waals surface area contributed by atoms with Crippen LogP contribution in [0.15, 0.2) is 30.3 Å². The zero-order chi connectivity index (χ0) is 24.4. The van der Waals surface area contributed by atoms with E-state index >= 15 is 0 Å². The highest BCUT2D eigenvalue weighted by atomic mass is 32.1. The highest BCUT2D eigenvalue weighted by Gasteiger charge is 2.18. The lowest BCUT2D eigenvalue weighted by molar-refractivity contribution is -0.116. The smallest absolute Gasteiger partial charge is 0.257 e. The molecule has 0 atom stereocenters. The molecule has 9 nitrogen and oxygen atoms in total. The number of unbranched alkanes of at least 4 members (excludes halogenated alkanes) is 1. The minimum absolute atomic E-state index is 0.0792. The van der Waals surface area contributed by atoms with E-state index in [2.05, 4.69) is 16.0 Å². The molecule has 0 spiro atoms. The van der Waals surface area contributed by atoms with Crippen molar-refractivity contribution in [1.82, 2.24) is 5.32 Å². The van der Waals surface area contributed by atoms with Crippen LogP contribution >= 0.6 is 12.2 Å². The van der Waals surface area contributed by atoms with Crippen LogP contribution in [0.2, 0.25) is 0 Å². The van der Waals surface area contributed by atoms with Crippen LogP contribution in [-0.2, 0) is 4.79 Å². The van der Waals surface area contributed by atoms with Crippen LogP contribution in [-0.4, -0.2) is 45.4 Å². The maximum absolute atomic E-state index is 12.7. The lowest BCUT2D eigenvalue weighted by Crippen LogP contribution is -2.34. The Morgan fingerprint density at radius 3 is 2.06 bits per heavy atom. The van der Waals surface area contributed by atoms with Crippen molar-refractivity contribution in [1.29, 1.82) is 0 Å². The van der Waals surface area contributed by atoms with Gasteiger partial charge in [-0.1, -0.05) is 13.3 Å². The highest BCUT2D eigenvalue weighted by molar-refractivity contribution is 7.80. The van der Waals surface area contributed by atoms with Crippen LogP contribution in [0.5, 0.6) is 23.0 Å². The van der Waals surface area contributed by atoms with E-state index in [1.165, 1.54) is 40.6 Å². The number of rotatable bonds is 10. The number of hydrogen-bond donors (Lipinski definition) is 3. The number of anilines is 2. The molecule has 0 aliphatic carbocycles. The van der Waals surface area contributed by atoms with Gasteiger partial charge in [0, 0.05) is 23.7 Å². The van der Waals surface area contributed by atoms with E-state index in [1.807, 2.05) is 6.92 Å². The molecule has 2 aromatic carbocycles. The molecule has 0 saturated carbocycles. The van der Waals surface area contributed by atoms with Crippen LogP contribution in [0.4, 0.5) is 11.4 Å². The molecule has 2 rings (SSSR count). The summed E-state index contributed by atoms with van der Waals surface area (Å²) in [6.07, 6.45) is 2.19. The summed E-state index contributed by atoms with van der Waals surface area (Å²) < 4.78 is 21.2. The number of ether oxygens (including phenoxy) is 4. The molecule has 33 heavy (non-hydrogen) atoms. The van der Waals surface area contributed by atoms with Crippen LogP contribution < -0.4 is 34.9 Å². The Kier molecular flexibility index (Phi) is 9.74. The Morgan fingerprint density at radius 1 is 0.879 bits per heavy atom. The molecule has 0 aliphatic rings. The molecule has 0 bridgehead atoms. The summed E-state index contributed by atoms with van der Waals surface area (Å²) in [4.78, 5) is 24.7. The third-order valence-electron chi connectivity index (χ3n) is 4.64. The van der Waals surface area contributed by atoms with Gasteiger partial charge in [-0.05, 0) is 42.9 Å². The van der Waals surface area contributed by atoms with Gasteiger partial charge >= 0.3 is 0 Å². The molecule has 3 N–H and O–H groups in total. The number of benzene rings is 2. The number of nitrogens with one attached hydrogen (secondary N) is 3. The Bertz CT molecular complexity index is 987. The fraction of sp³-hybridized carbons (Fsp3) is 0.348. The van der Waals surface area contributed by atoms with E-state index < -0.39 is 5.91 Å². The van der Waals surface area contributed by atoms with Crippen molar-refractivity contribution >= 4 is 40.5 Å². The average Bonchev–Trinajstić information content (AvgIpc) is 2.82. The summed E-state index contributed by atoms with van der Waals surface area (Å²) in [5.41, 5.74) is 1.40. The number of carbonyl (C=O) groups is 2. The zero-order valence-electron chi connectivity index (χ0n) is 19.4. The Balaban J connectivity index is 2.10. The maximum Gasteiger partial charge on any atom is 0.257 e. The van der Waals surface area contributed by atoms with Crippen LogP contribution in [0, 0.1) is 0 Å². The van der Waals surface area contributed by atoms with Crippen LogP contribution in [0.1, 0.15) is 36.5 Å². The molecule has 0 heterocycles. The summed E-state index contributed by atoms with van der Waals surface area (Å²) in [6.45, 7) is 2.03. The second kappa shape index (κ2) is 12.5. The predicted octanol–water partition coefficient (Wildman–Crippen LogP) is 3.98. The molecule has 0 saturated heterocycles. The van der Waals surface area contributed by atoms with Gasteiger partial charge < -0.3 is 29.6 Å². The molecule has 10 heteroatoms. The number of methoxy groups -OCH3 is 4. The molecule has 178 valence electrons. The fourth-order valence-corrected chi connectivity index (χ4v) is 3.18. The number of hydrogen-bond acceptors (Lipinski definition) is 7. The molecule has 0 fully saturated rings. The molecular formula is C23H29N3O6S. The predicted molar refractivity (Wildman–Crippen MR) is 131 cm³/mol. The van der Waals surface area contributed by atoms with Gasteiger partial charge in [0.25, 0.3) is 5.91 Å². The van der Waals surface area contributed by atoms with E-state index in [9.17, 15) is 9.59 Å². The topological polar surface area (TPSA) is 107 Å². The lowest BCUT2D eigenvalue weighted by Gasteiger charge is -2.15. The standard InChI is InChI=1S/C23H29N3O6S/c1-6-7-8-20(27)25-16-10-9-15(13-17(16)29-2)24-23(33)26-22(28)14-11-18(30-3)21(32-5)19(12-14)31-4/h9-13H,6-8H2,1-5H3,(H,25,27)(H2,24,26,28,33). The normalized spacial score (nSPS) is 10.1. The van der Waals surface area contributed by atoms with Gasteiger partial charge in [-0.15, -0.1) is 0 Å². The summed E-state index contributed by atoms with van der Waals surface area (Å²) in [7, 11) is 5.92. The van der Waals surface area contributed by atoms with Crippen molar-refractivity contribution in [3.63, 3.8) is 0 Å². The third kappa shape index (κ3) is 6.98. The van der Waals surface area contributed by atoms with Crippen molar-refractivity contribution in [2.24, 2.45) is 0 Å². The first-order valence-electron chi connectivity index (χ1n) is 10.3. The molecule has 0 unspecified atom stereocenters. The van der Waals surface area contributed by atoms with E-state index in [-0.39, 0.29) is 16.6 Å². The summed E-state index contributed by atoms with van der Waals surface area (Å²) in [6, 6.07) is 8.15. The van der Waals surface area contributed by atoms with Gasteiger partial charge in [-0.3, -0.25) is 14.9 Å². The SMILES string of the molecule is CCCCC(=O)Nc1ccc(NC(=S)NC(=O)c2cc(OC)c(OC)c(OC)c2)cc1OC. The van der Waals surface area contributed by atoms with Gasteiger partial charge in [0.15, 0.2) is 16.6 Å². The molecule has 2 amide bonds. The van der Waals surface area contributed by atoms with Gasteiger partial charge in [0.2, 0.25) is 11.7 Å². The maximum atomic E-state index is 12.7. The van der Waals surface area contributed by atoms with Crippen molar-refractivity contribution in [2.45, 2.75) is 26.2 Å². The number of carbonyl (C=O) groups excluding carboxylic acids is 2. The largest absolute Gasteiger partial charge is 0.494 e. The molecule has 2 aromatic rings. The van der Waals surface area contributed by atoms with Crippen molar-refractivity contribution in [3.05, 3.63) is 35.9 Å². The lowest BCUT2D eigenvalue weighted by atomic mass is 10.1. The highest BCUT2D eigenvalue weighted by Crippen LogP contribution is 2.38. The molecule has 0 aromatic heterocycles. The Hall–Kier alpha value is -3.53. The van der Waals surface area contributed by atoms with E-state index in [0.717, 1.165) is 12.8 Å². The minimum Gasteiger partial charge on any atom is -0.494 e. The van der Waals surface area contributed by atoms with Gasteiger partial charge in [0.1, 0.15) is 5.75 Å². The van der Waals surface area contributed by atoms with Crippen LogP contribution in [0.3, 0.4) is 0 Å². The summed E-state index contributed by atoms with van der Waals surface area (Å²) in [5, 5.41) is 8.46. The van der Waals surface area contributed by atoms with Gasteiger partial charge in [-0.2, -0.15) is 0 Å². The first-order chi connectivity index (χ1) is 15.9. The minimum atomic E-state index is -0.460. The Labute approximate surface area is 198 Å². The van der Waals surface area contributed by atoms with E-state index in [1.54, 1.807) is 18.2 Å². The second-order valence-electron chi connectivity index (χ2n) is 6.89. The van der Waals surface area contributed by atoms with E-state index in [4.69, 9.17) is 31.2 Å². The number of amides is 2. The Morgan fingerprint density at radius 2 is 1.52 bits per heavy atom. The summed E-state index contributed by atoms with van der Waals surface area (Å²) >= 11 is 5.27. The molecular weight excluding hydrogens is 446 g/mol. The first-order valence-corrected chi connectivity index (χ1v) is 10.7. The monoisotopic (exact) mass is 475 g/mol. The van der Waals surface area contributed by atoms with E-state index in [0.29, 0.717) is 40.8 Å². The van der Waals surface area contributed by atoms with Gasteiger partial charge in [0.05, 0.1) is 34.1 Å². The van der Waals surface area contributed by atoms with Crippen molar-refractivity contribution in [2.75, 3.05) is 39.1 Å². The fourth-order valence-electron chi connectivity index (χ4n) is 2.97. The number of thiocarbonyl (C=S) groups is 1. The molecule has 0 radical (unpaired) electrons. The second-order valence-corrected chi connectivity index (χ2v) is 7.30. The van der Waals surface area contributed by atoms with Crippen LogP contribution in [0.25, 0.3) is 0 Å². The van der Waals surface area contributed by atoms with Crippen molar-refractivity contribution in [3.8, 4) is 23.0 Å².